The summed E-state index contributed by atoms with van der Waals surface area (Å²) in [4.78, 5) is 13.7. The smallest absolute Gasteiger partial charge is 0.315 e. The number of hydrogen-bond acceptors (Lipinski definition) is 4. The highest BCUT2D eigenvalue weighted by Crippen LogP contribution is 2.42. The highest BCUT2D eigenvalue weighted by Gasteiger charge is 2.36. The minimum atomic E-state index is -0.136. The van der Waals surface area contributed by atoms with E-state index < -0.39 is 0 Å². The van der Waals surface area contributed by atoms with Crippen molar-refractivity contribution in [1.82, 2.24) is 10.6 Å². The topological polar surface area (TPSA) is 59.6 Å². The third kappa shape index (κ3) is 4.12. The van der Waals surface area contributed by atoms with Gasteiger partial charge in [0.05, 0.1) is 14.2 Å². The maximum atomic E-state index is 12.3. The third-order valence-corrected chi connectivity index (χ3v) is 6.21. The fourth-order valence-corrected chi connectivity index (χ4v) is 4.61. The Hall–Kier alpha value is -2.21. The summed E-state index contributed by atoms with van der Waals surface area (Å²) in [5, 5.41) is 8.12. The molecule has 1 fully saturated rings. The van der Waals surface area contributed by atoms with Gasteiger partial charge in [-0.1, -0.05) is 25.0 Å². The van der Waals surface area contributed by atoms with Crippen LogP contribution in [0.1, 0.15) is 36.1 Å². The van der Waals surface area contributed by atoms with Gasteiger partial charge in [-0.15, -0.1) is 11.3 Å². The molecule has 2 amide bonds. The molecule has 0 unspecified atom stereocenters. The molecule has 140 valence electrons. The molecule has 1 aliphatic rings. The number of ether oxygens (including phenoxy) is 2. The maximum absolute atomic E-state index is 12.3. The van der Waals surface area contributed by atoms with Crippen LogP contribution in [0.4, 0.5) is 4.79 Å². The van der Waals surface area contributed by atoms with E-state index in [0.29, 0.717) is 24.6 Å². The number of nitrogens with one attached hydrogen (secondary N) is 2. The standard InChI is InChI=1S/C20H26N2O3S/c1-24-16-8-7-15(12-17(16)25-2)13-21-19(23)22-14-20(9-3-4-10-20)18-6-5-11-26-18/h5-8,11-12H,3-4,9-10,13-14H2,1-2H3,(H2,21,22,23). The Labute approximate surface area is 158 Å². The number of carbonyl (C=O) groups is 1. The molecule has 1 heterocycles. The normalized spacial score (nSPS) is 15.5. The Morgan fingerprint density at radius 3 is 2.54 bits per heavy atom. The molecule has 5 nitrogen and oxygen atoms in total. The van der Waals surface area contributed by atoms with E-state index in [9.17, 15) is 4.79 Å². The summed E-state index contributed by atoms with van der Waals surface area (Å²) in [5.74, 6) is 1.34. The zero-order valence-corrected chi connectivity index (χ0v) is 16.2. The van der Waals surface area contributed by atoms with Gasteiger partial charge in [0.25, 0.3) is 0 Å². The Morgan fingerprint density at radius 1 is 1.12 bits per heavy atom. The summed E-state index contributed by atoms with van der Waals surface area (Å²) in [6.45, 7) is 1.13. The van der Waals surface area contributed by atoms with Crippen LogP contribution in [0.2, 0.25) is 0 Å². The lowest BCUT2D eigenvalue weighted by Crippen LogP contribution is -2.43. The molecule has 26 heavy (non-hydrogen) atoms. The molecule has 1 aromatic heterocycles. The quantitative estimate of drug-likeness (QED) is 0.768. The van der Waals surface area contributed by atoms with Crippen LogP contribution in [0.25, 0.3) is 0 Å². The number of benzene rings is 1. The molecule has 0 atom stereocenters. The van der Waals surface area contributed by atoms with Gasteiger partial charge in [-0.25, -0.2) is 4.79 Å². The van der Waals surface area contributed by atoms with Crippen LogP contribution in [-0.2, 0) is 12.0 Å². The fourth-order valence-electron chi connectivity index (χ4n) is 3.63. The van der Waals surface area contributed by atoms with Crippen LogP contribution >= 0.6 is 11.3 Å². The Balaban J connectivity index is 1.54. The summed E-state index contributed by atoms with van der Waals surface area (Å²) >= 11 is 1.79. The highest BCUT2D eigenvalue weighted by molar-refractivity contribution is 7.10. The minimum absolute atomic E-state index is 0.106. The summed E-state index contributed by atoms with van der Waals surface area (Å²) in [7, 11) is 3.21. The van der Waals surface area contributed by atoms with Crippen molar-refractivity contribution >= 4 is 17.4 Å². The first-order valence-corrected chi connectivity index (χ1v) is 9.81. The highest BCUT2D eigenvalue weighted by atomic mass is 32.1. The van der Waals surface area contributed by atoms with Gasteiger partial charge >= 0.3 is 6.03 Å². The predicted octanol–water partition coefficient (Wildman–Crippen LogP) is 4.08. The van der Waals surface area contributed by atoms with Crippen LogP contribution in [0.3, 0.4) is 0 Å². The van der Waals surface area contributed by atoms with E-state index in [2.05, 4.69) is 28.1 Å². The number of hydrogen-bond donors (Lipinski definition) is 2. The molecule has 6 heteroatoms. The van der Waals surface area contributed by atoms with Crippen molar-refractivity contribution in [3.8, 4) is 11.5 Å². The number of rotatable bonds is 7. The van der Waals surface area contributed by atoms with Crippen molar-refractivity contribution in [3.63, 3.8) is 0 Å². The van der Waals surface area contributed by atoms with E-state index in [1.165, 1.54) is 17.7 Å². The Bertz CT molecular complexity index is 725. The number of thiophene rings is 1. The first-order chi connectivity index (χ1) is 12.7. The molecule has 0 bridgehead atoms. The van der Waals surface area contributed by atoms with Crippen molar-refractivity contribution < 1.29 is 14.3 Å². The fraction of sp³-hybridized carbons (Fsp3) is 0.450. The molecule has 1 aromatic carbocycles. The number of methoxy groups -OCH3 is 2. The second-order valence-corrected chi connectivity index (χ2v) is 7.64. The molecule has 1 saturated carbocycles. The number of amides is 2. The zero-order chi connectivity index (χ0) is 18.4. The molecular weight excluding hydrogens is 348 g/mol. The van der Waals surface area contributed by atoms with E-state index >= 15 is 0 Å². The van der Waals surface area contributed by atoms with Gasteiger partial charge in [-0.05, 0) is 42.0 Å². The molecular formula is C20H26N2O3S. The van der Waals surface area contributed by atoms with Crippen LogP contribution < -0.4 is 20.1 Å². The molecule has 3 rings (SSSR count). The Kier molecular flexibility index (Phi) is 6.04. The second kappa shape index (κ2) is 8.45. The Morgan fingerprint density at radius 2 is 1.88 bits per heavy atom. The lowest BCUT2D eigenvalue weighted by Gasteiger charge is -2.28. The summed E-state index contributed by atoms with van der Waals surface area (Å²) < 4.78 is 10.5. The van der Waals surface area contributed by atoms with Gasteiger partial charge in [0.2, 0.25) is 0 Å². The van der Waals surface area contributed by atoms with Crippen molar-refractivity contribution in [2.75, 3.05) is 20.8 Å². The minimum Gasteiger partial charge on any atom is -0.493 e. The van der Waals surface area contributed by atoms with Crippen LogP contribution in [0.5, 0.6) is 11.5 Å². The van der Waals surface area contributed by atoms with E-state index in [0.717, 1.165) is 18.4 Å². The van der Waals surface area contributed by atoms with Crippen molar-refractivity contribution in [1.29, 1.82) is 0 Å². The zero-order valence-electron chi connectivity index (χ0n) is 15.3. The summed E-state index contributed by atoms with van der Waals surface area (Å²) in [5.41, 5.74) is 1.07. The summed E-state index contributed by atoms with van der Waals surface area (Å²) in [6, 6.07) is 9.80. The number of urea groups is 1. The molecule has 0 spiro atoms. The van der Waals surface area contributed by atoms with Gasteiger partial charge in [0.15, 0.2) is 11.5 Å². The molecule has 2 N–H and O–H groups in total. The molecule has 2 aromatic rings. The van der Waals surface area contributed by atoms with Crippen molar-refractivity contribution in [3.05, 3.63) is 46.2 Å². The SMILES string of the molecule is COc1ccc(CNC(=O)NCC2(c3cccs3)CCCC2)cc1OC. The van der Waals surface area contributed by atoms with Gasteiger partial charge < -0.3 is 20.1 Å². The van der Waals surface area contributed by atoms with E-state index in [1.807, 2.05) is 18.2 Å². The molecule has 0 radical (unpaired) electrons. The van der Waals surface area contributed by atoms with Crippen molar-refractivity contribution in [2.45, 2.75) is 37.6 Å². The average molecular weight is 375 g/mol. The van der Waals surface area contributed by atoms with Gasteiger partial charge in [-0.3, -0.25) is 0 Å². The van der Waals surface area contributed by atoms with Gasteiger partial charge in [0, 0.05) is 23.4 Å². The largest absolute Gasteiger partial charge is 0.493 e. The van der Waals surface area contributed by atoms with Crippen molar-refractivity contribution in [2.24, 2.45) is 0 Å². The lowest BCUT2D eigenvalue weighted by atomic mass is 9.84. The molecule has 0 aliphatic heterocycles. The first kappa shape index (κ1) is 18.6. The van der Waals surface area contributed by atoms with Gasteiger partial charge in [-0.2, -0.15) is 0 Å². The summed E-state index contributed by atoms with van der Waals surface area (Å²) in [6.07, 6.45) is 4.74. The number of carbonyl (C=O) groups excluding carboxylic acids is 1. The van der Waals surface area contributed by atoms with E-state index in [-0.39, 0.29) is 11.4 Å². The second-order valence-electron chi connectivity index (χ2n) is 6.69. The van der Waals surface area contributed by atoms with Crippen LogP contribution in [0, 0.1) is 0 Å². The lowest BCUT2D eigenvalue weighted by molar-refractivity contribution is 0.237. The van der Waals surface area contributed by atoms with E-state index in [4.69, 9.17) is 9.47 Å². The maximum Gasteiger partial charge on any atom is 0.315 e. The van der Waals surface area contributed by atoms with Crippen LogP contribution in [0.15, 0.2) is 35.7 Å². The van der Waals surface area contributed by atoms with E-state index in [1.54, 1.807) is 25.6 Å². The van der Waals surface area contributed by atoms with Gasteiger partial charge in [0.1, 0.15) is 0 Å². The predicted molar refractivity (Wildman–Crippen MR) is 104 cm³/mol. The monoisotopic (exact) mass is 374 g/mol. The third-order valence-electron chi connectivity index (χ3n) is 5.09. The first-order valence-electron chi connectivity index (χ1n) is 8.93. The van der Waals surface area contributed by atoms with Crippen LogP contribution in [-0.4, -0.2) is 26.8 Å². The average Bonchev–Trinajstić information content (AvgIpc) is 3.36. The molecule has 0 saturated heterocycles. The molecule has 1 aliphatic carbocycles.